The molecule has 198 valence electrons. The second kappa shape index (κ2) is 14.1. The number of aliphatic imine (C=N–C) groups is 1. The molecule has 14 heteroatoms. The fraction of sp³-hybridized carbons (Fsp3) is 0.714. The van der Waals surface area contributed by atoms with Crippen molar-refractivity contribution in [1.29, 1.82) is 0 Å². The van der Waals surface area contributed by atoms with Crippen molar-refractivity contribution >= 4 is 35.6 Å². The number of aliphatic carboxylic acids is 1. The predicted molar refractivity (Wildman–Crippen MR) is 127 cm³/mol. The highest BCUT2D eigenvalue weighted by Gasteiger charge is 2.39. The van der Waals surface area contributed by atoms with E-state index in [9.17, 15) is 29.1 Å². The number of guanidine groups is 1. The van der Waals surface area contributed by atoms with Crippen molar-refractivity contribution in [3.8, 4) is 0 Å². The minimum Gasteiger partial charge on any atom is -0.480 e. The summed E-state index contributed by atoms with van der Waals surface area (Å²) in [6.07, 6.45) is 1.19. The normalized spacial score (nSPS) is 17.8. The van der Waals surface area contributed by atoms with Crippen LogP contribution in [0.2, 0.25) is 0 Å². The Morgan fingerprint density at radius 2 is 1.74 bits per heavy atom. The number of nitrogens with one attached hydrogen (secondary N) is 2. The zero-order valence-corrected chi connectivity index (χ0v) is 20.2. The number of carboxylic acids is 1. The molecule has 0 bridgehead atoms. The number of primary amides is 1. The Morgan fingerprint density at radius 1 is 1.09 bits per heavy atom. The monoisotopic (exact) mass is 498 g/mol. The number of carbonyl (C=O) groups is 5. The number of nitrogens with zero attached hydrogens (tertiary/aromatic N) is 2. The van der Waals surface area contributed by atoms with Crippen molar-refractivity contribution in [1.82, 2.24) is 15.5 Å². The summed E-state index contributed by atoms with van der Waals surface area (Å²) in [7, 11) is 0. The molecule has 35 heavy (non-hydrogen) atoms. The Kier molecular flexibility index (Phi) is 11.9. The Balaban J connectivity index is 2.99. The van der Waals surface area contributed by atoms with Gasteiger partial charge in [-0.3, -0.25) is 24.2 Å². The summed E-state index contributed by atoms with van der Waals surface area (Å²) in [6, 6.07) is -4.27. The first-order valence-electron chi connectivity index (χ1n) is 11.6. The van der Waals surface area contributed by atoms with E-state index in [1.165, 1.54) is 4.90 Å². The fourth-order valence-corrected chi connectivity index (χ4v) is 3.81. The molecular weight excluding hydrogens is 460 g/mol. The lowest BCUT2D eigenvalue weighted by Crippen LogP contribution is -2.57. The van der Waals surface area contributed by atoms with Crippen molar-refractivity contribution in [2.75, 3.05) is 13.1 Å². The van der Waals surface area contributed by atoms with Gasteiger partial charge in [0.05, 0.1) is 12.5 Å². The Bertz CT molecular complexity index is 814. The molecule has 0 aromatic rings. The van der Waals surface area contributed by atoms with E-state index in [0.29, 0.717) is 19.3 Å². The van der Waals surface area contributed by atoms with Gasteiger partial charge in [0, 0.05) is 13.1 Å². The number of rotatable bonds is 14. The van der Waals surface area contributed by atoms with E-state index in [2.05, 4.69) is 15.6 Å². The van der Waals surface area contributed by atoms with E-state index in [4.69, 9.17) is 22.9 Å². The molecule has 0 saturated carbocycles. The van der Waals surface area contributed by atoms with Gasteiger partial charge in [-0.25, -0.2) is 4.79 Å². The van der Waals surface area contributed by atoms with Crippen molar-refractivity contribution in [3.63, 3.8) is 0 Å². The summed E-state index contributed by atoms with van der Waals surface area (Å²) in [5.41, 5.74) is 21.4. The fourth-order valence-electron chi connectivity index (χ4n) is 3.81. The maximum Gasteiger partial charge on any atom is 0.326 e. The van der Waals surface area contributed by atoms with Crippen LogP contribution in [-0.4, -0.2) is 82.8 Å². The summed E-state index contributed by atoms with van der Waals surface area (Å²) >= 11 is 0. The molecule has 1 aliphatic rings. The predicted octanol–water partition coefficient (Wildman–Crippen LogP) is -2.67. The summed E-state index contributed by atoms with van der Waals surface area (Å²) in [6.45, 7) is 4.14. The molecule has 1 saturated heterocycles. The lowest BCUT2D eigenvalue weighted by molar-refractivity contribution is -0.145. The van der Waals surface area contributed by atoms with Crippen LogP contribution in [0, 0.1) is 5.92 Å². The molecule has 0 aromatic carbocycles. The minimum absolute atomic E-state index is 0.0344. The van der Waals surface area contributed by atoms with Crippen molar-refractivity contribution in [3.05, 3.63) is 0 Å². The molecule has 11 N–H and O–H groups in total. The quantitative estimate of drug-likeness (QED) is 0.0748. The zero-order chi connectivity index (χ0) is 26.7. The molecule has 1 rings (SSSR count). The first kappa shape index (κ1) is 29.6. The number of carboxylic acid groups (broad SMARTS) is 1. The molecule has 4 atom stereocenters. The van der Waals surface area contributed by atoms with Crippen LogP contribution in [0.1, 0.15) is 52.4 Å². The highest BCUT2D eigenvalue weighted by atomic mass is 16.4. The largest absolute Gasteiger partial charge is 0.480 e. The lowest BCUT2D eigenvalue weighted by atomic mass is 10.0. The van der Waals surface area contributed by atoms with Crippen LogP contribution in [0.4, 0.5) is 0 Å². The third-order valence-corrected chi connectivity index (χ3v) is 5.48. The van der Waals surface area contributed by atoms with Crippen LogP contribution in [0.5, 0.6) is 0 Å². The third-order valence-electron chi connectivity index (χ3n) is 5.48. The molecule has 4 amide bonds. The molecule has 1 aliphatic heterocycles. The smallest absolute Gasteiger partial charge is 0.326 e. The maximum absolute atomic E-state index is 13.4. The summed E-state index contributed by atoms with van der Waals surface area (Å²) < 4.78 is 0. The highest BCUT2D eigenvalue weighted by Crippen LogP contribution is 2.20. The highest BCUT2D eigenvalue weighted by molar-refractivity contribution is 5.95. The number of nitrogens with two attached hydrogens (primary N) is 4. The molecule has 14 nitrogen and oxygen atoms in total. The molecule has 0 aromatic heterocycles. The first-order valence-corrected chi connectivity index (χ1v) is 11.6. The van der Waals surface area contributed by atoms with E-state index in [-0.39, 0.29) is 37.8 Å². The molecule has 4 unspecified atom stereocenters. The van der Waals surface area contributed by atoms with Crippen LogP contribution < -0.4 is 33.6 Å². The standard InChI is InChI=1S/C21H38N8O6/c1-11(2)9-14(20(34)35)28-18(32)15-6-4-8-29(15)19(33)13(5-3-7-26-21(24)25)27-17(31)12(22)10-16(23)30/h11-15H,3-10,22H2,1-2H3,(H2,23,30)(H,27,31)(H,28,32)(H,34,35)(H4,24,25,26). The van der Waals surface area contributed by atoms with Gasteiger partial charge in [0.1, 0.15) is 18.1 Å². The van der Waals surface area contributed by atoms with Gasteiger partial charge >= 0.3 is 5.97 Å². The Morgan fingerprint density at radius 3 is 2.29 bits per heavy atom. The maximum atomic E-state index is 13.4. The van der Waals surface area contributed by atoms with Gasteiger partial charge in [0.15, 0.2) is 5.96 Å². The average Bonchev–Trinajstić information content (AvgIpc) is 3.23. The topological polar surface area (TPSA) is 249 Å². The van der Waals surface area contributed by atoms with Crippen molar-refractivity contribution in [2.24, 2.45) is 33.8 Å². The van der Waals surface area contributed by atoms with Crippen molar-refractivity contribution < 1.29 is 29.1 Å². The van der Waals surface area contributed by atoms with Crippen LogP contribution >= 0.6 is 0 Å². The first-order chi connectivity index (χ1) is 16.3. The molecular formula is C21H38N8O6. The van der Waals surface area contributed by atoms with Crippen molar-refractivity contribution in [2.45, 2.75) is 76.5 Å². The van der Waals surface area contributed by atoms with E-state index in [1.54, 1.807) is 0 Å². The van der Waals surface area contributed by atoms with E-state index in [0.717, 1.165) is 0 Å². The van der Waals surface area contributed by atoms with E-state index >= 15 is 0 Å². The number of amides is 4. The minimum atomic E-state index is -1.24. The van der Waals surface area contributed by atoms with E-state index < -0.39 is 60.2 Å². The summed E-state index contributed by atoms with van der Waals surface area (Å²) in [4.78, 5) is 66.5. The van der Waals surface area contributed by atoms with Crippen LogP contribution in [0.15, 0.2) is 4.99 Å². The molecule has 0 radical (unpaired) electrons. The number of likely N-dealkylation sites (tertiary alicyclic amines) is 1. The van der Waals surface area contributed by atoms with Gasteiger partial charge in [-0.1, -0.05) is 13.8 Å². The number of carbonyl (C=O) groups excluding carboxylic acids is 4. The molecule has 0 aliphatic carbocycles. The van der Waals surface area contributed by atoms with Gasteiger partial charge in [-0.05, 0) is 38.0 Å². The molecule has 0 spiro atoms. The second-order valence-electron chi connectivity index (χ2n) is 9.01. The third kappa shape index (κ3) is 10.2. The SMILES string of the molecule is CC(C)CC(NC(=O)C1CCCN1C(=O)C(CCCN=C(N)N)NC(=O)C(N)CC(N)=O)C(=O)O. The summed E-state index contributed by atoms with van der Waals surface area (Å²) in [5, 5.41) is 14.5. The van der Waals surface area contributed by atoms with Crippen LogP contribution in [0.25, 0.3) is 0 Å². The van der Waals surface area contributed by atoms with Gasteiger partial charge < -0.3 is 43.6 Å². The molecule has 1 fully saturated rings. The summed E-state index contributed by atoms with van der Waals surface area (Å²) in [5.74, 6) is -3.85. The Labute approximate surface area is 204 Å². The average molecular weight is 499 g/mol. The van der Waals surface area contributed by atoms with Crippen LogP contribution in [-0.2, 0) is 24.0 Å². The zero-order valence-electron chi connectivity index (χ0n) is 20.2. The second-order valence-corrected chi connectivity index (χ2v) is 9.01. The molecule has 1 heterocycles. The van der Waals surface area contributed by atoms with Gasteiger partial charge in [-0.2, -0.15) is 0 Å². The van der Waals surface area contributed by atoms with E-state index in [1.807, 2.05) is 13.8 Å². The van der Waals surface area contributed by atoms with Crippen LogP contribution in [0.3, 0.4) is 0 Å². The van der Waals surface area contributed by atoms with Gasteiger partial charge in [0.25, 0.3) is 0 Å². The van der Waals surface area contributed by atoms with Gasteiger partial charge in [0.2, 0.25) is 23.6 Å². The number of hydrogen-bond donors (Lipinski definition) is 7. The Hall–Kier alpha value is -3.42. The number of hydrogen-bond acceptors (Lipinski definition) is 7. The van der Waals surface area contributed by atoms with Gasteiger partial charge in [-0.15, -0.1) is 0 Å². The lowest BCUT2D eigenvalue weighted by Gasteiger charge is -2.30.